The monoisotopic (exact) mass is 362 g/mol. The predicted octanol–water partition coefficient (Wildman–Crippen LogP) is 3.31. The number of aromatic hydroxyl groups is 1. The van der Waals surface area contributed by atoms with E-state index in [0.29, 0.717) is 18.2 Å². The molecule has 0 atom stereocenters. The topological polar surface area (TPSA) is 79.2 Å². The highest BCUT2D eigenvalue weighted by Crippen LogP contribution is 2.37. The third-order valence-electron chi connectivity index (χ3n) is 3.59. The first kappa shape index (κ1) is 17.3. The molecule has 0 unspecified atom stereocenters. The SMILES string of the molecule is Oc1c(Cl)cccc1Oc1cccnc1N/N=C/N1CCCOCC1. The summed E-state index contributed by atoms with van der Waals surface area (Å²) in [4.78, 5) is 6.30. The molecule has 1 aliphatic rings. The molecular weight excluding hydrogens is 344 g/mol. The fraction of sp³-hybridized carbons (Fsp3) is 0.294. The zero-order valence-corrected chi connectivity index (χ0v) is 14.3. The summed E-state index contributed by atoms with van der Waals surface area (Å²) in [6.07, 6.45) is 4.32. The smallest absolute Gasteiger partial charge is 0.189 e. The number of phenolic OH excluding ortho intramolecular Hbond substituents is 1. The van der Waals surface area contributed by atoms with E-state index in [1.165, 1.54) is 0 Å². The van der Waals surface area contributed by atoms with Crippen LogP contribution < -0.4 is 10.2 Å². The molecular formula is C17H19ClN4O3. The molecule has 0 spiro atoms. The molecule has 0 bridgehead atoms. The second-order valence-corrected chi connectivity index (χ2v) is 5.80. The van der Waals surface area contributed by atoms with E-state index in [1.54, 1.807) is 42.9 Å². The van der Waals surface area contributed by atoms with Gasteiger partial charge in [0.05, 0.1) is 11.6 Å². The van der Waals surface area contributed by atoms with Gasteiger partial charge in [-0.3, -0.25) is 5.43 Å². The number of ether oxygens (including phenoxy) is 2. The van der Waals surface area contributed by atoms with Gasteiger partial charge in [-0.1, -0.05) is 17.7 Å². The summed E-state index contributed by atoms with van der Waals surface area (Å²) in [5.74, 6) is 0.991. The fourth-order valence-corrected chi connectivity index (χ4v) is 2.47. The Morgan fingerprint density at radius 1 is 1.24 bits per heavy atom. The number of hydrazone groups is 1. The molecule has 0 saturated carbocycles. The van der Waals surface area contributed by atoms with E-state index in [0.717, 1.165) is 26.1 Å². The summed E-state index contributed by atoms with van der Waals surface area (Å²) >= 11 is 5.90. The third-order valence-corrected chi connectivity index (χ3v) is 3.89. The lowest BCUT2D eigenvalue weighted by molar-refractivity contribution is 0.148. The molecule has 2 heterocycles. The van der Waals surface area contributed by atoms with E-state index in [-0.39, 0.29) is 16.5 Å². The third kappa shape index (κ3) is 4.74. The minimum Gasteiger partial charge on any atom is -0.503 e. The van der Waals surface area contributed by atoms with E-state index in [1.807, 2.05) is 0 Å². The molecule has 1 aromatic heterocycles. The first-order chi connectivity index (χ1) is 12.2. The minimum atomic E-state index is -0.118. The molecule has 0 amide bonds. The number of hydrogen-bond acceptors (Lipinski definition) is 6. The van der Waals surface area contributed by atoms with E-state index in [9.17, 15) is 5.11 Å². The zero-order valence-electron chi connectivity index (χ0n) is 13.6. The van der Waals surface area contributed by atoms with Crippen molar-refractivity contribution in [1.29, 1.82) is 0 Å². The summed E-state index contributed by atoms with van der Waals surface area (Å²) in [5.41, 5.74) is 2.87. The van der Waals surface area contributed by atoms with Gasteiger partial charge in [-0.25, -0.2) is 4.98 Å². The Morgan fingerprint density at radius 3 is 3.04 bits per heavy atom. The maximum atomic E-state index is 9.98. The zero-order chi connectivity index (χ0) is 17.5. The Kier molecular flexibility index (Phi) is 5.92. The van der Waals surface area contributed by atoms with Gasteiger partial charge in [0.2, 0.25) is 0 Å². The highest BCUT2D eigenvalue weighted by atomic mass is 35.5. The average Bonchev–Trinajstić information content (AvgIpc) is 2.89. The van der Waals surface area contributed by atoms with E-state index >= 15 is 0 Å². The Morgan fingerprint density at radius 2 is 2.12 bits per heavy atom. The van der Waals surface area contributed by atoms with Gasteiger partial charge in [0.15, 0.2) is 23.1 Å². The van der Waals surface area contributed by atoms with Gasteiger partial charge in [0.25, 0.3) is 0 Å². The van der Waals surface area contributed by atoms with Gasteiger partial charge in [0.1, 0.15) is 6.34 Å². The van der Waals surface area contributed by atoms with Crippen molar-refractivity contribution in [1.82, 2.24) is 9.88 Å². The average molecular weight is 363 g/mol. The Hall–Kier alpha value is -2.51. The number of phenols is 1. The molecule has 1 fully saturated rings. The van der Waals surface area contributed by atoms with Gasteiger partial charge >= 0.3 is 0 Å². The van der Waals surface area contributed by atoms with E-state index in [2.05, 4.69) is 20.4 Å². The van der Waals surface area contributed by atoms with E-state index < -0.39 is 0 Å². The maximum absolute atomic E-state index is 9.98. The highest BCUT2D eigenvalue weighted by molar-refractivity contribution is 6.32. The molecule has 2 aromatic rings. The van der Waals surface area contributed by atoms with Crippen molar-refractivity contribution in [3.05, 3.63) is 41.6 Å². The summed E-state index contributed by atoms with van der Waals surface area (Å²) in [6.45, 7) is 3.16. The summed E-state index contributed by atoms with van der Waals surface area (Å²) in [5, 5.41) is 14.4. The number of nitrogens with zero attached hydrogens (tertiary/aromatic N) is 3. The number of halogens is 1. The quantitative estimate of drug-likeness (QED) is 0.482. The summed E-state index contributed by atoms with van der Waals surface area (Å²) in [6, 6.07) is 8.36. The van der Waals surface area contributed by atoms with Crippen LogP contribution in [0.4, 0.5) is 5.82 Å². The number of hydrogen-bond donors (Lipinski definition) is 2. The normalized spacial score (nSPS) is 15.2. The molecule has 1 aliphatic heterocycles. The number of pyridine rings is 1. The second kappa shape index (κ2) is 8.55. The lowest BCUT2D eigenvalue weighted by atomic mass is 10.3. The van der Waals surface area contributed by atoms with Gasteiger partial charge in [-0.2, -0.15) is 5.10 Å². The maximum Gasteiger partial charge on any atom is 0.189 e. The number of rotatable bonds is 5. The first-order valence-corrected chi connectivity index (χ1v) is 8.33. The molecule has 0 aliphatic carbocycles. The van der Waals surface area contributed by atoms with Crippen LogP contribution in [0.25, 0.3) is 0 Å². The van der Waals surface area contributed by atoms with E-state index in [4.69, 9.17) is 21.1 Å². The fourth-order valence-electron chi connectivity index (χ4n) is 2.31. The number of para-hydroxylation sites is 1. The minimum absolute atomic E-state index is 0.118. The number of nitrogens with one attached hydrogen (secondary N) is 1. The second-order valence-electron chi connectivity index (χ2n) is 5.40. The predicted molar refractivity (Wildman–Crippen MR) is 96.6 cm³/mol. The molecule has 0 radical (unpaired) electrons. The first-order valence-electron chi connectivity index (χ1n) is 7.95. The van der Waals surface area contributed by atoms with Crippen molar-refractivity contribution in [2.45, 2.75) is 6.42 Å². The van der Waals surface area contributed by atoms with Gasteiger partial charge in [-0.05, 0) is 30.7 Å². The number of benzene rings is 1. The summed E-state index contributed by atoms with van der Waals surface area (Å²) in [7, 11) is 0. The Bertz CT molecular complexity index is 734. The molecule has 25 heavy (non-hydrogen) atoms. The number of anilines is 1. The molecule has 132 valence electrons. The molecule has 3 rings (SSSR count). The van der Waals surface area contributed by atoms with Crippen LogP contribution in [0.1, 0.15) is 6.42 Å². The van der Waals surface area contributed by atoms with Gasteiger partial charge < -0.3 is 19.5 Å². The molecule has 7 nitrogen and oxygen atoms in total. The van der Waals surface area contributed by atoms with Crippen LogP contribution in [0.5, 0.6) is 17.2 Å². The van der Waals surface area contributed by atoms with Crippen LogP contribution in [0.3, 0.4) is 0 Å². The molecule has 2 N–H and O–H groups in total. The van der Waals surface area contributed by atoms with Crippen LogP contribution in [-0.2, 0) is 4.74 Å². The largest absolute Gasteiger partial charge is 0.503 e. The molecule has 8 heteroatoms. The van der Waals surface area contributed by atoms with Crippen LogP contribution in [0.15, 0.2) is 41.6 Å². The van der Waals surface area contributed by atoms with Crippen molar-refractivity contribution >= 4 is 23.8 Å². The molecule has 1 aromatic carbocycles. The van der Waals surface area contributed by atoms with Crippen LogP contribution >= 0.6 is 11.6 Å². The lowest BCUT2D eigenvalue weighted by Crippen LogP contribution is -2.25. The van der Waals surface area contributed by atoms with Gasteiger partial charge in [-0.15, -0.1) is 0 Å². The van der Waals surface area contributed by atoms with Crippen molar-refractivity contribution in [3.63, 3.8) is 0 Å². The van der Waals surface area contributed by atoms with Crippen LogP contribution in [0, 0.1) is 0 Å². The number of aromatic nitrogens is 1. The van der Waals surface area contributed by atoms with Gasteiger partial charge in [0, 0.05) is 25.9 Å². The Labute approximate surface area is 150 Å². The van der Waals surface area contributed by atoms with Crippen molar-refractivity contribution in [2.75, 3.05) is 31.7 Å². The Balaban J connectivity index is 1.69. The summed E-state index contributed by atoms with van der Waals surface area (Å²) < 4.78 is 11.1. The molecule has 1 saturated heterocycles. The van der Waals surface area contributed by atoms with Crippen LogP contribution in [-0.4, -0.2) is 47.6 Å². The van der Waals surface area contributed by atoms with Crippen molar-refractivity contribution < 1.29 is 14.6 Å². The standard InChI is InChI=1S/C17H19ClN4O3/c18-13-4-1-5-14(16(13)23)25-15-6-2-7-19-17(15)21-20-12-22-8-3-10-24-11-9-22/h1-2,4-7,12,23H,3,8-11H2,(H,19,21)/b20-12+. The van der Waals surface area contributed by atoms with Crippen molar-refractivity contribution in [3.8, 4) is 17.2 Å². The van der Waals surface area contributed by atoms with Crippen LogP contribution in [0.2, 0.25) is 5.02 Å². The van der Waals surface area contributed by atoms with Crippen molar-refractivity contribution in [2.24, 2.45) is 5.10 Å². The highest BCUT2D eigenvalue weighted by Gasteiger charge is 2.11. The lowest BCUT2D eigenvalue weighted by Gasteiger charge is -2.15.